The van der Waals surface area contributed by atoms with E-state index in [0.29, 0.717) is 0 Å². The topological polar surface area (TPSA) is 9.23 Å². The van der Waals surface area contributed by atoms with E-state index < -0.39 is 40.7 Å². The molecule has 1 nitrogen and oxygen atoms in total. The number of ether oxygens (including phenoxy) is 1. The Morgan fingerprint density at radius 2 is 1.25 bits per heavy atom. The average Bonchev–Trinajstić information content (AvgIpc) is 2.41. The van der Waals surface area contributed by atoms with E-state index in [1.54, 1.807) is 0 Å². The van der Waals surface area contributed by atoms with E-state index in [-0.39, 0.29) is 10.2 Å². The lowest BCUT2D eigenvalue weighted by atomic mass is 10.2. The van der Waals surface area contributed by atoms with E-state index in [4.69, 9.17) is 0 Å². The molecule has 2 rings (SSSR count). The van der Waals surface area contributed by atoms with Crippen molar-refractivity contribution in [3.8, 4) is 11.5 Å². The fraction of sp³-hybridized carbons (Fsp3) is 0. The van der Waals surface area contributed by atoms with Gasteiger partial charge >= 0.3 is 0 Å². The first kappa shape index (κ1) is 14.7. The van der Waals surface area contributed by atoms with Crippen LogP contribution < -0.4 is 4.74 Å². The molecule has 106 valence electrons. The highest BCUT2D eigenvalue weighted by molar-refractivity contribution is 9.10. The number of hydrogen-bond donors (Lipinski definition) is 0. The molecule has 0 atom stereocenters. The fourth-order valence-corrected chi connectivity index (χ4v) is 1.77. The van der Waals surface area contributed by atoms with E-state index in [0.717, 1.165) is 18.2 Å². The van der Waals surface area contributed by atoms with Crippen molar-refractivity contribution in [2.75, 3.05) is 0 Å². The maximum atomic E-state index is 13.4. The third-order valence-corrected chi connectivity index (χ3v) is 2.90. The monoisotopic (exact) mass is 356 g/mol. The molecule has 0 N–H and O–H groups in total. The summed E-state index contributed by atoms with van der Waals surface area (Å²) in [5.41, 5.74) is 0. The Balaban J connectivity index is 2.54. The molecule has 0 radical (unpaired) electrons. The minimum Gasteiger partial charge on any atom is -0.450 e. The molecule has 0 saturated heterocycles. The van der Waals surface area contributed by atoms with E-state index in [2.05, 4.69) is 20.7 Å². The molecule has 2 aromatic rings. The van der Waals surface area contributed by atoms with Crippen LogP contribution in [0.4, 0.5) is 26.3 Å². The molecule has 0 bridgehead atoms. The van der Waals surface area contributed by atoms with E-state index in [1.807, 2.05) is 0 Å². The Bertz CT molecular complexity index is 659. The van der Waals surface area contributed by atoms with Gasteiger partial charge in [0.15, 0.2) is 0 Å². The van der Waals surface area contributed by atoms with Gasteiger partial charge in [0.25, 0.3) is 0 Å². The molecule has 0 amide bonds. The van der Waals surface area contributed by atoms with Gasteiger partial charge in [-0.25, -0.2) is 17.6 Å². The van der Waals surface area contributed by atoms with Gasteiger partial charge in [0, 0.05) is 0 Å². The van der Waals surface area contributed by atoms with Crippen molar-refractivity contribution in [3.63, 3.8) is 0 Å². The molecule has 0 saturated carbocycles. The molecule has 0 aromatic heterocycles. The molecule has 0 fully saturated rings. The third kappa shape index (κ3) is 2.47. The summed E-state index contributed by atoms with van der Waals surface area (Å²) < 4.78 is 82.9. The van der Waals surface area contributed by atoms with Crippen LogP contribution in [0.15, 0.2) is 22.7 Å². The first-order chi connectivity index (χ1) is 9.32. The van der Waals surface area contributed by atoms with Gasteiger partial charge in [0.1, 0.15) is 11.6 Å². The maximum absolute atomic E-state index is 13.4. The zero-order valence-electron chi connectivity index (χ0n) is 9.29. The number of halogens is 7. The Morgan fingerprint density at radius 1 is 0.750 bits per heavy atom. The second-order valence-corrected chi connectivity index (χ2v) is 4.43. The van der Waals surface area contributed by atoms with Gasteiger partial charge in [-0.05, 0) is 34.1 Å². The lowest BCUT2D eigenvalue weighted by Crippen LogP contribution is -2.04. The zero-order chi connectivity index (χ0) is 15.0. The normalized spacial score (nSPS) is 10.8. The van der Waals surface area contributed by atoms with Crippen molar-refractivity contribution < 1.29 is 31.1 Å². The Morgan fingerprint density at radius 3 is 1.75 bits per heavy atom. The SMILES string of the molecule is Fc1ccc(Oc2c(F)c(F)c(F)c(F)c2F)c(Br)c1. The summed E-state index contributed by atoms with van der Waals surface area (Å²) in [7, 11) is 0. The van der Waals surface area contributed by atoms with Crippen molar-refractivity contribution in [3.05, 3.63) is 57.6 Å². The molecular formula is C12H3BrF6O. The van der Waals surface area contributed by atoms with Crippen molar-refractivity contribution in [2.45, 2.75) is 0 Å². The first-order valence-electron chi connectivity index (χ1n) is 4.97. The van der Waals surface area contributed by atoms with Crippen LogP contribution in [0, 0.1) is 34.9 Å². The summed E-state index contributed by atoms with van der Waals surface area (Å²) in [5, 5.41) is 0. The van der Waals surface area contributed by atoms with Gasteiger partial charge in [-0.2, -0.15) is 8.78 Å². The van der Waals surface area contributed by atoms with Crippen LogP contribution in [0.25, 0.3) is 0 Å². The molecule has 20 heavy (non-hydrogen) atoms. The summed E-state index contributed by atoms with van der Waals surface area (Å²) in [4.78, 5) is 0. The Labute approximate surface area is 116 Å². The van der Waals surface area contributed by atoms with E-state index >= 15 is 0 Å². The molecule has 2 aromatic carbocycles. The zero-order valence-corrected chi connectivity index (χ0v) is 10.9. The van der Waals surface area contributed by atoms with Crippen LogP contribution in [0.1, 0.15) is 0 Å². The van der Waals surface area contributed by atoms with Crippen LogP contribution in [-0.4, -0.2) is 0 Å². The summed E-state index contributed by atoms with van der Waals surface area (Å²) in [6, 6.07) is 2.77. The molecule has 0 spiro atoms. The van der Waals surface area contributed by atoms with Crippen LogP contribution in [0.5, 0.6) is 11.5 Å². The first-order valence-corrected chi connectivity index (χ1v) is 5.76. The number of benzene rings is 2. The van der Waals surface area contributed by atoms with Crippen molar-refractivity contribution in [1.82, 2.24) is 0 Å². The highest BCUT2D eigenvalue weighted by Crippen LogP contribution is 2.35. The highest BCUT2D eigenvalue weighted by Gasteiger charge is 2.27. The highest BCUT2D eigenvalue weighted by atomic mass is 79.9. The Hall–Kier alpha value is -1.70. The van der Waals surface area contributed by atoms with E-state index in [1.165, 1.54) is 0 Å². The molecule has 8 heteroatoms. The van der Waals surface area contributed by atoms with Crippen LogP contribution >= 0.6 is 15.9 Å². The van der Waals surface area contributed by atoms with Crippen molar-refractivity contribution in [1.29, 1.82) is 0 Å². The van der Waals surface area contributed by atoms with Gasteiger partial charge in [0.2, 0.25) is 34.8 Å². The summed E-state index contributed by atoms with van der Waals surface area (Å²) in [5.74, 6) is -13.2. The molecule has 0 aliphatic heterocycles. The molecule has 0 aliphatic rings. The van der Waals surface area contributed by atoms with Gasteiger partial charge in [0.05, 0.1) is 4.47 Å². The van der Waals surface area contributed by atoms with Crippen molar-refractivity contribution in [2.24, 2.45) is 0 Å². The minimum atomic E-state index is -2.29. The lowest BCUT2D eigenvalue weighted by molar-refractivity contribution is 0.331. The van der Waals surface area contributed by atoms with Crippen LogP contribution in [-0.2, 0) is 0 Å². The Kier molecular flexibility index (Phi) is 3.94. The molecule has 0 heterocycles. The second kappa shape index (κ2) is 5.35. The standard InChI is InChI=1S/C12H3BrF6O/c13-5-3-4(14)1-2-6(5)20-12-10(18)8(16)7(15)9(17)11(12)19/h1-3H. The van der Waals surface area contributed by atoms with E-state index in [9.17, 15) is 26.3 Å². The third-order valence-electron chi connectivity index (χ3n) is 2.28. The van der Waals surface area contributed by atoms with Gasteiger partial charge in [-0.1, -0.05) is 0 Å². The van der Waals surface area contributed by atoms with Crippen molar-refractivity contribution >= 4 is 15.9 Å². The minimum absolute atomic E-state index is 0.0542. The smallest absolute Gasteiger partial charge is 0.207 e. The maximum Gasteiger partial charge on any atom is 0.207 e. The fourth-order valence-electron chi connectivity index (χ4n) is 1.34. The van der Waals surface area contributed by atoms with Gasteiger partial charge < -0.3 is 4.74 Å². The average molecular weight is 357 g/mol. The van der Waals surface area contributed by atoms with Crippen LogP contribution in [0.2, 0.25) is 0 Å². The largest absolute Gasteiger partial charge is 0.450 e. The van der Waals surface area contributed by atoms with Crippen LogP contribution in [0.3, 0.4) is 0 Å². The molecule has 0 aliphatic carbocycles. The van der Waals surface area contributed by atoms with Gasteiger partial charge in [-0.3, -0.25) is 0 Å². The quantitative estimate of drug-likeness (QED) is 0.414. The summed E-state index contributed by atoms with van der Waals surface area (Å²) >= 11 is 2.83. The summed E-state index contributed by atoms with van der Waals surface area (Å²) in [6.45, 7) is 0. The second-order valence-electron chi connectivity index (χ2n) is 3.58. The predicted octanol–water partition coefficient (Wildman–Crippen LogP) is 5.08. The van der Waals surface area contributed by atoms with Gasteiger partial charge in [-0.15, -0.1) is 0 Å². The molecule has 0 unspecified atom stereocenters. The summed E-state index contributed by atoms with van der Waals surface area (Å²) in [6.07, 6.45) is 0. The predicted molar refractivity (Wildman–Crippen MR) is 60.4 cm³/mol. The number of hydrogen-bond acceptors (Lipinski definition) is 1. The lowest BCUT2D eigenvalue weighted by Gasteiger charge is -2.11. The molecular weight excluding hydrogens is 354 g/mol. The number of rotatable bonds is 2.